The second kappa shape index (κ2) is 11.5. The lowest BCUT2D eigenvalue weighted by atomic mass is 10.1. The van der Waals surface area contributed by atoms with E-state index in [4.69, 9.17) is 4.74 Å². The Morgan fingerprint density at radius 1 is 0.806 bits per heavy atom. The number of carbonyl (C=O) groups is 4. The highest BCUT2D eigenvalue weighted by atomic mass is 16.5. The monoisotopic (exact) mass is 425 g/mol. The first kappa shape index (κ1) is 23.6. The maximum Gasteiger partial charge on any atom is 0.338 e. The standard InChI is InChI=1S/C23H27N3O5/c1-15(2)26-23(30)25-13-18-6-10-20(11-7-18)22(29)31-14-21(28)19-8-4-17(5-9-19)12-24-16(3)27/h4-11,15H,12-14H2,1-3H3,(H,24,27)(H2,25,26,30). The molecule has 0 heterocycles. The molecular formula is C23H27N3O5. The lowest BCUT2D eigenvalue weighted by molar-refractivity contribution is -0.119. The molecule has 8 heteroatoms. The number of hydrogen-bond donors (Lipinski definition) is 3. The number of rotatable bonds is 9. The van der Waals surface area contributed by atoms with Gasteiger partial charge in [-0.15, -0.1) is 0 Å². The number of ketones is 1. The smallest absolute Gasteiger partial charge is 0.338 e. The molecule has 2 aromatic carbocycles. The van der Waals surface area contributed by atoms with Crippen molar-refractivity contribution in [1.82, 2.24) is 16.0 Å². The molecule has 0 aliphatic carbocycles. The molecule has 0 aromatic heterocycles. The molecule has 2 rings (SSSR count). The molecule has 2 aromatic rings. The first-order valence-electron chi connectivity index (χ1n) is 9.91. The summed E-state index contributed by atoms with van der Waals surface area (Å²) in [5, 5.41) is 8.12. The average molecular weight is 425 g/mol. The van der Waals surface area contributed by atoms with Gasteiger partial charge in [-0.05, 0) is 37.1 Å². The Balaban J connectivity index is 1.81. The van der Waals surface area contributed by atoms with Crippen molar-refractivity contribution in [3.8, 4) is 0 Å². The Morgan fingerprint density at radius 3 is 1.84 bits per heavy atom. The van der Waals surface area contributed by atoms with Crippen molar-refractivity contribution in [2.24, 2.45) is 0 Å². The van der Waals surface area contributed by atoms with Crippen molar-refractivity contribution in [1.29, 1.82) is 0 Å². The van der Waals surface area contributed by atoms with E-state index < -0.39 is 5.97 Å². The van der Waals surface area contributed by atoms with Gasteiger partial charge in [-0.1, -0.05) is 36.4 Å². The zero-order valence-electron chi connectivity index (χ0n) is 17.9. The second-order valence-electron chi connectivity index (χ2n) is 7.28. The number of urea groups is 1. The molecule has 8 nitrogen and oxygen atoms in total. The summed E-state index contributed by atoms with van der Waals surface area (Å²) < 4.78 is 5.11. The second-order valence-corrected chi connectivity index (χ2v) is 7.28. The summed E-state index contributed by atoms with van der Waals surface area (Å²) in [5.41, 5.74) is 2.42. The third-order valence-corrected chi connectivity index (χ3v) is 4.21. The van der Waals surface area contributed by atoms with Gasteiger partial charge in [-0.25, -0.2) is 9.59 Å². The summed E-state index contributed by atoms with van der Waals surface area (Å²) in [4.78, 5) is 47.0. The fraction of sp³-hybridized carbons (Fsp3) is 0.304. The van der Waals surface area contributed by atoms with Crippen LogP contribution in [0.15, 0.2) is 48.5 Å². The van der Waals surface area contributed by atoms with E-state index in [1.807, 2.05) is 13.8 Å². The molecule has 0 fully saturated rings. The summed E-state index contributed by atoms with van der Waals surface area (Å²) in [5.74, 6) is -1.06. The molecule has 0 unspecified atom stereocenters. The van der Waals surface area contributed by atoms with Crippen LogP contribution in [-0.4, -0.2) is 36.3 Å². The van der Waals surface area contributed by atoms with Crippen molar-refractivity contribution in [2.45, 2.75) is 39.9 Å². The fourth-order valence-electron chi connectivity index (χ4n) is 2.59. The van der Waals surface area contributed by atoms with Crippen molar-refractivity contribution in [3.05, 3.63) is 70.8 Å². The van der Waals surface area contributed by atoms with Crippen LogP contribution in [0.5, 0.6) is 0 Å². The van der Waals surface area contributed by atoms with Crippen molar-refractivity contribution < 1.29 is 23.9 Å². The van der Waals surface area contributed by atoms with Crippen LogP contribution >= 0.6 is 0 Å². The topological polar surface area (TPSA) is 114 Å². The van der Waals surface area contributed by atoms with Crippen molar-refractivity contribution in [2.75, 3.05) is 6.61 Å². The molecule has 0 bridgehead atoms. The molecule has 0 saturated heterocycles. The largest absolute Gasteiger partial charge is 0.454 e. The minimum atomic E-state index is -0.604. The number of Topliss-reactive ketones (excluding diaryl/α,β-unsaturated/α-hetero) is 1. The fourth-order valence-corrected chi connectivity index (χ4v) is 2.59. The van der Waals surface area contributed by atoms with Crippen LogP contribution in [0.3, 0.4) is 0 Å². The third-order valence-electron chi connectivity index (χ3n) is 4.21. The minimum Gasteiger partial charge on any atom is -0.454 e. The molecule has 3 amide bonds. The number of amides is 3. The molecule has 164 valence electrons. The van der Waals surface area contributed by atoms with E-state index in [-0.39, 0.29) is 30.4 Å². The predicted octanol–water partition coefficient (Wildman–Crippen LogP) is 2.57. The average Bonchev–Trinajstić information content (AvgIpc) is 2.74. The quantitative estimate of drug-likeness (QED) is 0.422. The van der Waals surface area contributed by atoms with Crippen LogP contribution in [0.4, 0.5) is 4.79 Å². The lowest BCUT2D eigenvalue weighted by Crippen LogP contribution is -2.39. The first-order chi connectivity index (χ1) is 14.7. The van der Waals surface area contributed by atoms with Crippen LogP contribution < -0.4 is 16.0 Å². The van der Waals surface area contributed by atoms with Gasteiger partial charge < -0.3 is 20.7 Å². The van der Waals surface area contributed by atoms with Crippen LogP contribution in [-0.2, 0) is 22.6 Å². The Hall–Kier alpha value is -3.68. The van der Waals surface area contributed by atoms with Gasteiger partial charge in [0.2, 0.25) is 5.91 Å². The van der Waals surface area contributed by atoms with Crippen LogP contribution in [0.25, 0.3) is 0 Å². The third kappa shape index (κ3) is 8.30. The highest BCUT2D eigenvalue weighted by Crippen LogP contribution is 2.09. The Labute approximate surface area is 181 Å². The molecule has 0 spiro atoms. The maximum absolute atomic E-state index is 12.2. The van der Waals surface area contributed by atoms with Crippen molar-refractivity contribution >= 4 is 23.7 Å². The van der Waals surface area contributed by atoms with Crippen LogP contribution in [0.1, 0.15) is 52.6 Å². The van der Waals surface area contributed by atoms with Gasteiger partial charge in [0, 0.05) is 31.6 Å². The number of ether oxygens (including phenoxy) is 1. The van der Waals surface area contributed by atoms with E-state index in [1.165, 1.54) is 6.92 Å². The summed E-state index contributed by atoms with van der Waals surface area (Å²) >= 11 is 0. The van der Waals surface area contributed by atoms with Crippen LogP contribution in [0.2, 0.25) is 0 Å². The predicted molar refractivity (Wildman–Crippen MR) is 116 cm³/mol. The van der Waals surface area contributed by atoms with Gasteiger partial charge in [0.1, 0.15) is 0 Å². The molecule has 0 radical (unpaired) electrons. The minimum absolute atomic E-state index is 0.0431. The molecule has 0 atom stereocenters. The zero-order chi connectivity index (χ0) is 22.8. The van der Waals surface area contributed by atoms with Gasteiger partial charge in [-0.3, -0.25) is 9.59 Å². The van der Waals surface area contributed by atoms with Gasteiger partial charge in [0.05, 0.1) is 5.56 Å². The van der Waals surface area contributed by atoms with Gasteiger partial charge in [0.15, 0.2) is 12.4 Å². The number of benzene rings is 2. The lowest BCUT2D eigenvalue weighted by Gasteiger charge is -2.10. The van der Waals surface area contributed by atoms with Gasteiger partial charge in [-0.2, -0.15) is 0 Å². The summed E-state index contributed by atoms with van der Waals surface area (Å²) in [6.45, 7) is 5.50. The zero-order valence-corrected chi connectivity index (χ0v) is 17.9. The normalized spacial score (nSPS) is 10.3. The summed E-state index contributed by atoms with van der Waals surface area (Å²) in [6.07, 6.45) is 0. The van der Waals surface area contributed by atoms with Gasteiger partial charge in [0.25, 0.3) is 0 Å². The Kier molecular flexibility index (Phi) is 8.75. The molecule has 3 N–H and O–H groups in total. The Bertz CT molecular complexity index is 921. The van der Waals surface area contributed by atoms with E-state index in [2.05, 4.69) is 16.0 Å². The van der Waals surface area contributed by atoms with E-state index in [1.54, 1.807) is 48.5 Å². The first-order valence-corrected chi connectivity index (χ1v) is 9.91. The molecule has 0 saturated carbocycles. The van der Waals surface area contributed by atoms with E-state index in [0.29, 0.717) is 24.2 Å². The molecular weight excluding hydrogens is 398 g/mol. The molecule has 0 aliphatic heterocycles. The van der Waals surface area contributed by atoms with E-state index >= 15 is 0 Å². The van der Waals surface area contributed by atoms with Gasteiger partial charge >= 0.3 is 12.0 Å². The number of hydrogen-bond acceptors (Lipinski definition) is 5. The highest BCUT2D eigenvalue weighted by Gasteiger charge is 2.12. The number of esters is 1. The molecule has 0 aliphatic rings. The summed E-state index contributed by atoms with van der Waals surface area (Å²) in [6, 6.07) is 13.1. The number of nitrogens with one attached hydrogen (secondary N) is 3. The van der Waals surface area contributed by atoms with Crippen molar-refractivity contribution in [3.63, 3.8) is 0 Å². The maximum atomic E-state index is 12.2. The molecule has 31 heavy (non-hydrogen) atoms. The summed E-state index contributed by atoms with van der Waals surface area (Å²) in [7, 11) is 0. The van der Waals surface area contributed by atoms with E-state index in [9.17, 15) is 19.2 Å². The number of carbonyl (C=O) groups excluding carboxylic acids is 4. The Morgan fingerprint density at radius 2 is 1.32 bits per heavy atom. The van der Waals surface area contributed by atoms with E-state index in [0.717, 1.165) is 11.1 Å². The highest BCUT2D eigenvalue weighted by molar-refractivity contribution is 5.99. The SMILES string of the molecule is CC(=O)NCc1ccc(C(=O)COC(=O)c2ccc(CNC(=O)NC(C)C)cc2)cc1. The van der Waals surface area contributed by atoms with Crippen LogP contribution in [0, 0.1) is 0 Å².